The summed E-state index contributed by atoms with van der Waals surface area (Å²) in [7, 11) is 0. The predicted molar refractivity (Wildman–Crippen MR) is 113 cm³/mol. The Morgan fingerprint density at radius 2 is 0.962 bits per heavy atom. The maximum atomic E-state index is 2.23. The molecule has 0 unspecified atom stereocenters. The molecule has 2 aliphatic rings. The number of rotatable bonds is 4. The average Bonchev–Trinajstić information content (AvgIpc) is 2.64. The molecule has 0 aromatic heterocycles. The summed E-state index contributed by atoms with van der Waals surface area (Å²) in [6.07, 6.45) is 13.3. The molecule has 0 fully saturated rings. The first-order valence-electron chi connectivity index (χ1n) is 8.95. The molecule has 0 amide bonds. The fraction of sp³-hybridized carbons (Fsp3) is 0. The van der Waals surface area contributed by atoms with Gasteiger partial charge in [0.2, 0.25) is 0 Å². The molecule has 122 valence electrons. The van der Waals surface area contributed by atoms with E-state index in [1.165, 1.54) is 44.5 Å². The molecular formula is C26H18. The lowest BCUT2D eigenvalue weighted by molar-refractivity contribution is 1.53. The second-order valence-electron chi connectivity index (χ2n) is 6.71. The Hall–Kier alpha value is -3.38. The molecular weight excluding hydrogens is 312 g/mol. The quantitative estimate of drug-likeness (QED) is 0.492. The zero-order valence-electron chi connectivity index (χ0n) is 14.4. The van der Waals surface area contributed by atoms with Crippen molar-refractivity contribution in [3.05, 3.63) is 118 Å². The van der Waals surface area contributed by atoms with Crippen molar-refractivity contribution in [2.75, 3.05) is 0 Å². The summed E-state index contributed by atoms with van der Waals surface area (Å²) in [5, 5.41) is 0. The second-order valence-corrected chi connectivity index (χ2v) is 6.71. The summed E-state index contributed by atoms with van der Waals surface area (Å²) in [6, 6.07) is 25.7. The largest absolute Gasteiger partial charge is 0.0616 e. The highest BCUT2D eigenvalue weighted by Gasteiger charge is 2.12. The minimum absolute atomic E-state index is 1.22. The van der Waals surface area contributed by atoms with Crippen LogP contribution in [0.1, 0.15) is 33.4 Å². The van der Waals surface area contributed by atoms with Crippen molar-refractivity contribution < 1.29 is 0 Å². The Morgan fingerprint density at radius 3 is 1.46 bits per heavy atom. The Morgan fingerprint density at radius 1 is 0.462 bits per heavy atom. The van der Waals surface area contributed by atoms with Gasteiger partial charge in [0, 0.05) is 0 Å². The van der Waals surface area contributed by atoms with Crippen molar-refractivity contribution in [1.29, 1.82) is 0 Å². The number of hydrogen-bond acceptors (Lipinski definition) is 0. The van der Waals surface area contributed by atoms with E-state index in [4.69, 9.17) is 0 Å². The highest BCUT2D eigenvalue weighted by molar-refractivity contribution is 6.02. The maximum Gasteiger partial charge on any atom is -0.0111 e. The van der Waals surface area contributed by atoms with Crippen LogP contribution in [0.5, 0.6) is 0 Å². The minimum Gasteiger partial charge on any atom is -0.0616 e. The molecule has 0 heterocycles. The smallest absolute Gasteiger partial charge is 0.0111 e. The van der Waals surface area contributed by atoms with Gasteiger partial charge in [-0.3, -0.25) is 0 Å². The summed E-state index contributed by atoms with van der Waals surface area (Å²) in [4.78, 5) is 0. The van der Waals surface area contributed by atoms with E-state index < -0.39 is 0 Å². The lowest BCUT2D eigenvalue weighted by Crippen LogP contribution is -1.95. The molecule has 0 radical (unpaired) electrons. The van der Waals surface area contributed by atoms with Gasteiger partial charge in [-0.25, -0.2) is 0 Å². The van der Waals surface area contributed by atoms with Gasteiger partial charge in [-0.1, -0.05) is 91.0 Å². The highest BCUT2D eigenvalue weighted by atomic mass is 14.2. The molecule has 0 saturated carbocycles. The van der Waals surface area contributed by atoms with Gasteiger partial charge < -0.3 is 0 Å². The van der Waals surface area contributed by atoms with E-state index in [9.17, 15) is 0 Å². The first-order chi connectivity index (χ1) is 12.9. The van der Waals surface area contributed by atoms with Crippen LogP contribution >= 0.6 is 0 Å². The molecule has 3 aromatic carbocycles. The van der Waals surface area contributed by atoms with Crippen LogP contribution < -0.4 is 0 Å². The molecule has 0 saturated heterocycles. The first kappa shape index (κ1) is 14.9. The second kappa shape index (κ2) is 6.16. The van der Waals surface area contributed by atoms with Gasteiger partial charge in [-0.15, -0.1) is 0 Å². The van der Waals surface area contributed by atoms with E-state index in [2.05, 4.69) is 109 Å². The molecule has 3 aromatic rings. The first-order valence-corrected chi connectivity index (χ1v) is 8.95. The normalized spacial score (nSPS) is 14.3. The van der Waals surface area contributed by atoms with Crippen LogP contribution in [0, 0.1) is 0 Å². The number of allylic oxidation sites excluding steroid dienone is 4. The molecule has 0 nitrogen and oxygen atoms in total. The lowest BCUT2D eigenvalue weighted by Gasteiger charge is -2.16. The summed E-state index contributed by atoms with van der Waals surface area (Å²) in [6.45, 7) is 0. The summed E-state index contributed by atoms with van der Waals surface area (Å²) >= 11 is 0. The third-order valence-corrected chi connectivity index (χ3v) is 4.99. The zero-order valence-corrected chi connectivity index (χ0v) is 14.4. The van der Waals surface area contributed by atoms with E-state index in [1.54, 1.807) is 0 Å². The van der Waals surface area contributed by atoms with Crippen molar-refractivity contribution >= 4 is 35.5 Å². The molecule has 26 heavy (non-hydrogen) atoms. The van der Waals surface area contributed by atoms with Gasteiger partial charge in [0.25, 0.3) is 0 Å². The van der Waals surface area contributed by atoms with E-state index in [0.717, 1.165) is 0 Å². The number of benzene rings is 3. The van der Waals surface area contributed by atoms with Crippen molar-refractivity contribution in [1.82, 2.24) is 0 Å². The molecule has 0 spiro atoms. The Bertz CT molecular complexity index is 1030. The summed E-state index contributed by atoms with van der Waals surface area (Å²) < 4.78 is 0. The predicted octanol–water partition coefficient (Wildman–Crippen LogP) is 6.82. The topological polar surface area (TPSA) is 0 Å². The molecule has 0 bridgehead atoms. The van der Waals surface area contributed by atoms with Gasteiger partial charge >= 0.3 is 0 Å². The zero-order chi connectivity index (χ0) is 17.3. The maximum absolute atomic E-state index is 2.23. The van der Waals surface area contributed by atoms with Crippen molar-refractivity contribution in [3.8, 4) is 0 Å². The molecule has 0 atom stereocenters. The summed E-state index contributed by atoms with van der Waals surface area (Å²) in [5.74, 6) is 0. The van der Waals surface area contributed by atoms with Crippen LogP contribution in [0.25, 0.3) is 35.5 Å². The van der Waals surface area contributed by atoms with Crippen LogP contribution in [-0.2, 0) is 0 Å². The molecule has 0 N–H and O–H groups in total. The Balaban J connectivity index is 1.31. The third-order valence-electron chi connectivity index (χ3n) is 4.99. The van der Waals surface area contributed by atoms with Crippen LogP contribution in [0.2, 0.25) is 0 Å². The van der Waals surface area contributed by atoms with E-state index in [-0.39, 0.29) is 0 Å². The minimum atomic E-state index is 1.22. The monoisotopic (exact) mass is 330 g/mol. The van der Waals surface area contributed by atoms with E-state index in [0.29, 0.717) is 0 Å². The fourth-order valence-corrected chi connectivity index (χ4v) is 3.52. The Kier molecular flexibility index (Phi) is 3.54. The molecule has 0 heteroatoms. The standard InChI is InChI=1S/C26H18/c1-3-10-25-21(8-1)17-23(25)14-12-19-6-5-7-20(16-19)13-15-24-18-22-9-2-4-11-26(22)24/h1-18H. The van der Waals surface area contributed by atoms with Crippen LogP contribution in [0.15, 0.2) is 84.9 Å². The van der Waals surface area contributed by atoms with Crippen LogP contribution in [0.4, 0.5) is 0 Å². The van der Waals surface area contributed by atoms with Crippen molar-refractivity contribution in [3.63, 3.8) is 0 Å². The Labute approximate surface area is 154 Å². The van der Waals surface area contributed by atoms with Crippen molar-refractivity contribution in [2.45, 2.75) is 0 Å². The average molecular weight is 330 g/mol. The lowest BCUT2D eigenvalue weighted by atomic mass is 9.88. The van der Waals surface area contributed by atoms with Crippen LogP contribution in [0.3, 0.4) is 0 Å². The summed E-state index contributed by atoms with van der Waals surface area (Å²) in [5.41, 5.74) is 10.4. The number of hydrogen-bond donors (Lipinski definition) is 0. The van der Waals surface area contributed by atoms with E-state index >= 15 is 0 Å². The molecule has 0 aliphatic heterocycles. The van der Waals surface area contributed by atoms with Crippen molar-refractivity contribution in [2.24, 2.45) is 0 Å². The van der Waals surface area contributed by atoms with Crippen LogP contribution in [-0.4, -0.2) is 0 Å². The molecule has 5 rings (SSSR count). The highest BCUT2D eigenvalue weighted by Crippen LogP contribution is 2.34. The van der Waals surface area contributed by atoms with E-state index in [1.807, 2.05) is 0 Å². The number of fused-ring (bicyclic) bond motifs is 2. The SMILES string of the molecule is C(=Cc1cccc(C=CC2=Cc3ccccc32)c1)C1=Cc2ccccc21. The third kappa shape index (κ3) is 2.66. The molecule has 2 aliphatic carbocycles. The fourth-order valence-electron chi connectivity index (χ4n) is 3.52. The van der Waals surface area contributed by atoms with Gasteiger partial charge in [0.1, 0.15) is 0 Å². The van der Waals surface area contributed by atoms with Gasteiger partial charge in [0.15, 0.2) is 0 Å². The van der Waals surface area contributed by atoms with Gasteiger partial charge in [-0.05, 0) is 62.7 Å². The van der Waals surface area contributed by atoms with Gasteiger partial charge in [-0.2, -0.15) is 0 Å². The van der Waals surface area contributed by atoms with Gasteiger partial charge in [0.05, 0.1) is 0 Å².